The van der Waals surface area contributed by atoms with Crippen molar-refractivity contribution in [3.63, 3.8) is 0 Å². The Bertz CT molecular complexity index is 639. The molecule has 2 aromatic rings. The zero-order chi connectivity index (χ0) is 15.0. The zero-order valence-corrected chi connectivity index (χ0v) is 11.7. The van der Waals surface area contributed by atoms with Crippen LogP contribution in [0.1, 0.15) is 36.9 Å². The van der Waals surface area contributed by atoms with Gasteiger partial charge in [0, 0.05) is 30.2 Å². The molecule has 0 saturated heterocycles. The standard InChI is InChI=1S/C15H16F3N3/c1-2-19-7-10-8-20-21(15(10)9-3-4-9)11-5-12(16)14(18)13(17)6-11/h5-6,8-9,19H,2-4,7H2,1H3. The summed E-state index contributed by atoms with van der Waals surface area (Å²) >= 11 is 0. The van der Waals surface area contributed by atoms with Gasteiger partial charge < -0.3 is 5.32 Å². The van der Waals surface area contributed by atoms with Crippen molar-refractivity contribution in [1.29, 1.82) is 0 Å². The summed E-state index contributed by atoms with van der Waals surface area (Å²) in [6.07, 6.45) is 3.78. The number of nitrogens with zero attached hydrogens (tertiary/aromatic N) is 2. The molecule has 1 aliphatic carbocycles. The molecule has 1 N–H and O–H groups in total. The molecule has 1 aromatic heterocycles. The number of benzene rings is 1. The third-order valence-corrected chi connectivity index (χ3v) is 3.63. The van der Waals surface area contributed by atoms with E-state index < -0.39 is 17.5 Å². The van der Waals surface area contributed by atoms with Crippen LogP contribution < -0.4 is 5.32 Å². The first kappa shape index (κ1) is 14.1. The van der Waals surface area contributed by atoms with Crippen molar-refractivity contribution in [2.75, 3.05) is 6.54 Å². The molecule has 6 heteroatoms. The second-order valence-electron chi connectivity index (χ2n) is 5.24. The highest BCUT2D eigenvalue weighted by atomic mass is 19.2. The Morgan fingerprint density at radius 2 is 1.90 bits per heavy atom. The largest absolute Gasteiger partial charge is 0.313 e. The van der Waals surface area contributed by atoms with Crippen molar-refractivity contribution in [3.8, 4) is 5.69 Å². The number of hydrogen-bond acceptors (Lipinski definition) is 2. The van der Waals surface area contributed by atoms with Crippen LogP contribution >= 0.6 is 0 Å². The predicted octanol–water partition coefficient (Wildman–Crippen LogP) is 3.28. The van der Waals surface area contributed by atoms with Gasteiger partial charge in [0.15, 0.2) is 17.5 Å². The van der Waals surface area contributed by atoms with E-state index in [2.05, 4.69) is 10.4 Å². The molecule has 112 valence electrons. The third-order valence-electron chi connectivity index (χ3n) is 3.63. The van der Waals surface area contributed by atoms with E-state index >= 15 is 0 Å². The lowest BCUT2D eigenvalue weighted by Gasteiger charge is -2.10. The Kier molecular flexibility index (Phi) is 3.71. The van der Waals surface area contributed by atoms with Crippen molar-refractivity contribution in [2.24, 2.45) is 0 Å². The van der Waals surface area contributed by atoms with Gasteiger partial charge in [0.25, 0.3) is 0 Å². The molecule has 3 nitrogen and oxygen atoms in total. The van der Waals surface area contributed by atoms with Crippen LogP contribution in [0.4, 0.5) is 13.2 Å². The fourth-order valence-corrected chi connectivity index (χ4v) is 2.45. The first-order valence-corrected chi connectivity index (χ1v) is 7.04. The van der Waals surface area contributed by atoms with E-state index in [9.17, 15) is 13.2 Å². The van der Waals surface area contributed by atoms with E-state index in [-0.39, 0.29) is 5.69 Å². The first-order chi connectivity index (χ1) is 10.1. The van der Waals surface area contributed by atoms with Crippen molar-refractivity contribution in [3.05, 3.63) is 47.0 Å². The van der Waals surface area contributed by atoms with E-state index in [0.717, 1.165) is 42.8 Å². The molecule has 0 aliphatic heterocycles. The molecule has 1 saturated carbocycles. The second kappa shape index (κ2) is 5.52. The van der Waals surface area contributed by atoms with E-state index in [1.54, 1.807) is 6.20 Å². The summed E-state index contributed by atoms with van der Waals surface area (Å²) in [6.45, 7) is 3.50. The highest BCUT2D eigenvalue weighted by Gasteiger charge is 2.30. The highest BCUT2D eigenvalue weighted by Crippen LogP contribution is 2.42. The topological polar surface area (TPSA) is 29.9 Å². The van der Waals surface area contributed by atoms with Gasteiger partial charge >= 0.3 is 0 Å². The van der Waals surface area contributed by atoms with Crippen molar-refractivity contribution >= 4 is 0 Å². The Balaban J connectivity index is 2.04. The minimum absolute atomic E-state index is 0.219. The molecule has 0 radical (unpaired) electrons. The van der Waals surface area contributed by atoms with E-state index in [0.29, 0.717) is 12.5 Å². The maximum atomic E-state index is 13.4. The molecule has 1 aromatic carbocycles. The van der Waals surface area contributed by atoms with Gasteiger partial charge in [0.2, 0.25) is 0 Å². The molecule has 21 heavy (non-hydrogen) atoms. The van der Waals surface area contributed by atoms with Gasteiger partial charge in [-0.1, -0.05) is 6.92 Å². The SMILES string of the molecule is CCNCc1cnn(-c2cc(F)c(F)c(F)c2)c1C1CC1. The molecule has 1 aliphatic rings. The predicted molar refractivity (Wildman–Crippen MR) is 72.8 cm³/mol. The first-order valence-electron chi connectivity index (χ1n) is 7.04. The van der Waals surface area contributed by atoms with Crippen molar-refractivity contribution in [1.82, 2.24) is 15.1 Å². The Morgan fingerprint density at radius 3 is 2.48 bits per heavy atom. The summed E-state index contributed by atoms with van der Waals surface area (Å²) in [5.74, 6) is -3.49. The van der Waals surface area contributed by atoms with Gasteiger partial charge in [-0.15, -0.1) is 0 Å². The number of nitrogens with one attached hydrogen (secondary N) is 1. The minimum atomic E-state index is -1.45. The van der Waals surface area contributed by atoms with Crippen LogP contribution in [0, 0.1) is 17.5 Å². The monoisotopic (exact) mass is 295 g/mol. The zero-order valence-electron chi connectivity index (χ0n) is 11.7. The molecule has 0 unspecified atom stereocenters. The molecular formula is C15H16F3N3. The lowest BCUT2D eigenvalue weighted by molar-refractivity contribution is 0.445. The maximum absolute atomic E-state index is 13.4. The fraction of sp³-hybridized carbons (Fsp3) is 0.400. The third kappa shape index (κ3) is 2.68. The number of rotatable bonds is 5. The number of hydrogen-bond donors (Lipinski definition) is 1. The molecular weight excluding hydrogens is 279 g/mol. The van der Waals surface area contributed by atoms with Gasteiger partial charge in [-0.2, -0.15) is 5.10 Å². The van der Waals surface area contributed by atoms with E-state index in [1.165, 1.54) is 4.68 Å². The molecule has 1 fully saturated rings. The molecule has 1 heterocycles. The Labute approximate surface area is 120 Å². The Morgan fingerprint density at radius 1 is 1.24 bits per heavy atom. The summed E-state index contributed by atoms with van der Waals surface area (Å²) in [5, 5.41) is 7.46. The maximum Gasteiger partial charge on any atom is 0.194 e. The lowest BCUT2D eigenvalue weighted by atomic mass is 10.1. The quantitative estimate of drug-likeness (QED) is 0.858. The minimum Gasteiger partial charge on any atom is -0.313 e. The summed E-state index contributed by atoms with van der Waals surface area (Å²) in [6, 6.07) is 1.96. The second-order valence-corrected chi connectivity index (χ2v) is 5.24. The van der Waals surface area contributed by atoms with Crippen molar-refractivity contribution < 1.29 is 13.2 Å². The van der Waals surface area contributed by atoms with E-state index in [4.69, 9.17) is 0 Å². The summed E-state index contributed by atoms with van der Waals surface area (Å²) in [7, 11) is 0. The van der Waals surface area contributed by atoms with Crippen LogP contribution in [-0.2, 0) is 6.54 Å². The van der Waals surface area contributed by atoms with Gasteiger partial charge in [0.1, 0.15) is 0 Å². The van der Waals surface area contributed by atoms with Gasteiger partial charge in [0.05, 0.1) is 17.6 Å². The van der Waals surface area contributed by atoms with E-state index in [1.807, 2.05) is 6.92 Å². The molecule has 0 spiro atoms. The van der Waals surface area contributed by atoms with Crippen LogP contribution in [0.2, 0.25) is 0 Å². The van der Waals surface area contributed by atoms with Crippen LogP contribution in [0.25, 0.3) is 5.69 Å². The van der Waals surface area contributed by atoms with Gasteiger partial charge in [-0.05, 0) is 19.4 Å². The Hall–Kier alpha value is -1.82. The molecule has 3 rings (SSSR count). The van der Waals surface area contributed by atoms with Crippen molar-refractivity contribution in [2.45, 2.75) is 32.2 Å². The fourth-order valence-electron chi connectivity index (χ4n) is 2.45. The lowest BCUT2D eigenvalue weighted by Crippen LogP contribution is -2.13. The molecule has 0 bridgehead atoms. The average Bonchev–Trinajstić information content (AvgIpc) is 3.22. The normalized spacial score (nSPS) is 14.7. The number of aromatic nitrogens is 2. The van der Waals surface area contributed by atoms with Gasteiger partial charge in [-0.3, -0.25) is 0 Å². The summed E-state index contributed by atoms with van der Waals surface area (Å²) < 4.78 is 41.4. The summed E-state index contributed by atoms with van der Waals surface area (Å²) in [4.78, 5) is 0. The van der Waals surface area contributed by atoms with Crippen LogP contribution in [-0.4, -0.2) is 16.3 Å². The van der Waals surface area contributed by atoms with Crippen LogP contribution in [0.15, 0.2) is 18.3 Å². The summed E-state index contributed by atoms with van der Waals surface area (Å²) in [5.41, 5.74) is 2.20. The molecule has 0 atom stereocenters. The smallest absolute Gasteiger partial charge is 0.194 e. The number of halogens is 3. The highest BCUT2D eigenvalue weighted by molar-refractivity contribution is 5.39. The van der Waals surface area contributed by atoms with Crippen LogP contribution in [0.5, 0.6) is 0 Å². The van der Waals surface area contributed by atoms with Crippen LogP contribution in [0.3, 0.4) is 0 Å². The average molecular weight is 295 g/mol. The molecule has 0 amide bonds. The van der Waals surface area contributed by atoms with Gasteiger partial charge in [-0.25, -0.2) is 17.9 Å².